The van der Waals surface area contributed by atoms with Gasteiger partial charge in [0.15, 0.2) is 0 Å². The van der Waals surface area contributed by atoms with Gasteiger partial charge in [0.2, 0.25) is 0 Å². The highest BCUT2D eigenvalue weighted by molar-refractivity contribution is 6.04. The van der Waals surface area contributed by atoms with Gasteiger partial charge >= 0.3 is 0 Å². The van der Waals surface area contributed by atoms with Crippen LogP contribution in [0.5, 0.6) is 5.75 Å². The zero-order valence-electron chi connectivity index (χ0n) is 18.7. The molecule has 0 fully saturated rings. The number of hydrogen-bond acceptors (Lipinski definition) is 5. The van der Waals surface area contributed by atoms with Gasteiger partial charge in [-0.2, -0.15) is 0 Å². The minimum atomic E-state index is -0.190. The van der Waals surface area contributed by atoms with Gasteiger partial charge in [-0.05, 0) is 55.8 Å². The Labute approximate surface area is 193 Å². The van der Waals surface area contributed by atoms with Crippen LogP contribution in [0.3, 0.4) is 0 Å². The molecule has 1 aromatic heterocycles. The summed E-state index contributed by atoms with van der Waals surface area (Å²) in [6.07, 6.45) is 0.949. The van der Waals surface area contributed by atoms with Crippen LogP contribution in [0.1, 0.15) is 29.5 Å². The SMILES string of the molecule is CCCOc1ccc(NC(=O)c2cccc(Nc3cc(-c4ccccc4)nc(C)n3)c2)cc1. The fourth-order valence-electron chi connectivity index (χ4n) is 3.33. The van der Waals surface area contributed by atoms with Crippen LogP contribution in [0.2, 0.25) is 0 Å². The molecule has 6 heteroatoms. The van der Waals surface area contributed by atoms with E-state index in [1.54, 1.807) is 12.1 Å². The quantitative estimate of drug-likeness (QED) is 0.341. The minimum absolute atomic E-state index is 0.190. The third kappa shape index (κ3) is 5.95. The van der Waals surface area contributed by atoms with Crippen LogP contribution in [-0.2, 0) is 0 Å². The van der Waals surface area contributed by atoms with Crippen molar-refractivity contribution in [1.29, 1.82) is 0 Å². The second kappa shape index (κ2) is 10.4. The van der Waals surface area contributed by atoms with Gasteiger partial charge in [0.05, 0.1) is 12.3 Å². The van der Waals surface area contributed by atoms with Crippen molar-refractivity contribution in [3.8, 4) is 17.0 Å². The van der Waals surface area contributed by atoms with Crippen molar-refractivity contribution >= 4 is 23.1 Å². The van der Waals surface area contributed by atoms with Gasteiger partial charge in [-0.1, -0.05) is 43.3 Å². The predicted octanol–water partition coefficient (Wildman–Crippen LogP) is 6.24. The highest BCUT2D eigenvalue weighted by atomic mass is 16.5. The second-order valence-corrected chi connectivity index (χ2v) is 7.58. The molecule has 4 rings (SSSR count). The number of anilines is 3. The van der Waals surface area contributed by atoms with Crippen LogP contribution < -0.4 is 15.4 Å². The summed E-state index contributed by atoms with van der Waals surface area (Å²) in [5.41, 5.74) is 3.88. The minimum Gasteiger partial charge on any atom is -0.494 e. The van der Waals surface area contributed by atoms with E-state index < -0.39 is 0 Å². The molecular weight excluding hydrogens is 412 g/mol. The first kappa shape index (κ1) is 22.0. The Morgan fingerprint density at radius 3 is 2.42 bits per heavy atom. The number of rotatable bonds is 8. The van der Waals surface area contributed by atoms with E-state index in [9.17, 15) is 4.79 Å². The Balaban J connectivity index is 1.47. The zero-order valence-corrected chi connectivity index (χ0v) is 18.7. The van der Waals surface area contributed by atoms with E-state index in [1.807, 2.05) is 79.7 Å². The number of ether oxygens (including phenoxy) is 1. The van der Waals surface area contributed by atoms with E-state index in [4.69, 9.17) is 4.74 Å². The smallest absolute Gasteiger partial charge is 0.255 e. The number of aryl methyl sites for hydroxylation is 1. The Bertz CT molecular complexity index is 1220. The summed E-state index contributed by atoms with van der Waals surface area (Å²) in [6, 6.07) is 26.5. The monoisotopic (exact) mass is 438 g/mol. The Kier molecular flexibility index (Phi) is 6.95. The number of nitrogens with one attached hydrogen (secondary N) is 2. The van der Waals surface area contributed by atoms with Gasteiger partial charge in [0.1, 0.15) is 17.4 Å². The fourth-order valence-corrected chi connectivity index (χ4v) is 3.33. The van der Waals surface area contributed by atoms with Crippen molar-refractivity contribution in [2.45, 2.75) is 20.3 Å². The molecule has 0 aliphatic heterocycles. The molecule has 0 unspecified atom stereocenters. The molecule has 0 aliphatic rings. The van der Waals surface area contributed by atoms with Crippen LogP contribution in [-0.4, -0.2) is 22.5 Å². The predicted molar refractivity (Wildman–Crippen MR) is 132 cm³/mol. The lowest BCUT2D eigenvalue weighted by atomic mass is 10.1. The summed E-state index contributed by atoms with van der Waals surface area (Å²) in [4.78, 5) is 21.8. The van der Waals surface area contributed by atoms with Gasteiger partial charge in [0, 0.05) is 28.6 Å². The van der Waals surface area contributed by atoms with Crippen LogP contribution in [0.25, 0.3) is 11.3 Å². The summed E-state index contributed by atoms with van der Waals surface area (Å²) in [6.45, 7) is 4.59. The average molecular weight is 439 g/mol. The second-order valence-electron chi connectivity index (χ2n) is 7.58. The largest absolute Gasteiger partial charge is 0.494 e. The van der Waals surface area contributed by atoms with E-state index in [2.05, 4.69) is 27.5 Å². The molecule has 1 amide bonds. The van der Waals surface area contributed by atoms with Crippen LogP contribution in [0, 0.1) is 6.92 Å². The van der Waals surface area contributed by atoms with E-state index in [0.29, 0.717) is 29.5 Å². The molecule has 2 N–H and O–H groups in total. The number of carbonyl (C=O) groups is 1. The molecule has 0 bridgehead atoms. The molecule has 1 heterocycles. The first-order chi connectivity index (χ1) is 16.1. The summed E-state index contributed by atoms with van der Waals surface area (Å²) in [5.74, 6) is 1.93. The van der Waals surface area contributed by atoms with Crippen molar-refractivity contribution in [3.63, 3.8) is 0 Å². The molecule has 0 aliphatic carbocycles. The van der Waals surface area contributed by atoms with E-state index in [1.165, 1.54) is 0 Å². The topological polar surface area (TPSA) is 76.1 Å². The van der Waals surface area contributed by atoms with Crippen molar-refractivity contribution in [2.75, 3.05) is 17.2 Å². The molecule has 0 atom stereocenters. The summed E-state index contributed by atoms with van der Waals surface area (Å²) >= 11 is 0. The lowest BCUT2D eigenvalue weighted by Gasteiger charge is -2.11. The third-order valence-corrected chi connectivity index (χ3v) is 4.89. The van der Waals surface area contributed by atoms with Crippen LogP contribution >= 0.6 is 0 Å². The van der Waals surface area contributed by atoms with Crippen molar-refractivity contribution in [3.05, 3.63) is 96.3 Å². The Morgan fingerprint density at radius 1 is 0.879 bits per heavy atom. The van der Waals surface area contributed by atoms with E-state index in [0.717, 1.165) is 29.1 Å². The zero-order chi connectivity index (χ0) is 23.0. The van der Waals surface area contributed by atoms with Gasteiger partial charge in [-0.15, -0.1) is 0 Å². The molecule has 33 heavy (non-hydrogen) atoms. The molecule has 166 valence electrons. The van der Waals surface area contributed by atoms with E-state index >= 15 is 0 Å². The van der Waals surface area contributed by atoms with E-state index in [-0.39, 0.29) is 5.91 Å². The maximum atomic E-state index is 12.8. The fraction of sp³-hybridized carbons (Fsp3) is 0.148. The molecule has 0 saturated heterocycles. The molecule has 0 saturated carbocycles. The average Bonchev–Trinajstić information content (AvgIpc) is 2.84. The molecule has 4 aromatic rings. The maximum absolute atomic E-state index is 12.8. The molecule has 6 nitrogen and oxygen atoms in total. The maximum Gasteiger partial charge on any atom is 0.255 e. The van der Waals surface area contributed by atoms with Crippen molar-refractivity contribution < 1.29 is 9.53 Å². The highest BCUT2D eigenvalue weighted by Gasteiger charge is 2.09. The number of amides is 1. The number of hydrogen-bond donors (Lipinski definition) is 2. The first-order valence-corrected chi connectivity index (χ1v) is 10.9. The third-order valence-electron chi connectivity index (χ3n) is 4.89. The summed E-state index contributed by atoms with van der Waals surface area (Å²) < 4.78 is 5.59. The van der Waals surface area contributed by atoms with Crippen LogP contribution in [0.15, 0.2) is 84.9 Å². The van der Waals surface area contributed by atoms with Gasteiger partial charge < -0.3 is 15.4 Å². The lowest BCUT2D eigenvalue weighted by Crippen LogP contribution is -2.12. The molecule has 0 spiro atoms. The van der Waals surface area contributed by atoms with Crippen molar-refractivity contribution in [1.82, 2.24) is 9.97 Å². The molecular formula is C27H26N4O2. The highest BCUT2D eigenvalue weighted by Crippen LogP contribution is 2.23. The number of nitrogens with zero attached hydrogens (tertiary/aromatic N) is 2. The standard InChI is InChI=1S/C27H26N4O2/c1-3-16-33-24-14-12-22(13-15-24)31-27(32)21-10-7-11-23(17-21)30-26-18-25(28-19(2)29-26)20-8-5-4-6-9-20/h4-15,17-18H,3,16H2,1-2H3,(H,31,32)(H,28,29,30). The molecule has 3 aromatic carbocycles. The summed E-state index contributed by atoms with van der Waals surface area (Å²) in [7, 11) is 0. The summed E-state index contributed by atoms with van der Waals surface area (Å²) in [5, 5.41) is 6.22. The van der Waals surface area contributed by atoms with Crippen LogP contribution in [0.4, 0.5) is 17.2 Å². The van der Waals surface area contributed by atoms with Gasteiger partial charge in [0.25, 0.3) is 5.91 Å². The normalized spacial score (nSPS) is 10.5. The van der Waals surface area contributed by atoms with Gasteiger partial charge in [-0.25, -0.2) is 9.97 Å². The van der Waals surface area contributed by atoms with Crippen molar-refractivity contribution in [2.24, 2.45) is 0 Å². The number of aromatic nitrogens is 2. The first-order valence-electron chi connectivity index (χ1n) is 10.9. The van der Waals surface area contributed by atoms with Gasteiger partial charge in [-0.3, -0.25) is 4.79 Å². The Morgan fingerprint density at radius 2 is 1.67 bits per heavy atom. The molecule has 0 radical (unpaired) electrons. The Hall–Kier alpha value is -4.19. The lowest BCUT2D eigenvalue weighted by molar-refractivity contribution is 0.102. The number of carbonyl (C=O) groups excluding carboxylic acids is 1. The number of benzene rings is 3.